The molecule has 13 heavy (non-hydrogen) atoms. The summed E-state index contributed by atoms with van der Waals surface area (Å²) in [7, 11) is 2.18. The van der Waals surface area contributed by atoms with Gasteiger partial charge in [0.05, 0.1) is 0 Å². The molecule has 3 heteroatoms. The minimum Gasteiger partial charge on any atom is -0.305 e. The van der Waals surface area contributed by atoms with Crippen LogP contribution in [0.1, 0.15) is 6.42 Å². The van der Waals surface area contributed by atoms with E-state index in [4.69, 9.17) is 0 Å². The Morgan fingerprint density at radius 2 is 2.54 bits per heavy atom. The topological polar surface area (TPSA) is 16.1 Å². The SMILES string of the molecule is CN1CCC(Sc2cccnc2)C1. The molecule has 0 bridgehead atoms. The number of thioether (sulfide) groups is 1. The Labute approximate surface area is 83.4 Å². The van der Waals surface area contributed by atoms with Crippen molar-refractivity contribution in [2.45, 2.75) is 16.6 Å². The number of rotatable bonds is 2. The molecule has 1 aliphatic rings. The van der Waals surface area contributed by atoms with Gasteiger partial charge in [0.2, 0.25) is 0 Å². The quantitative estimate of drug-likeness (QED) is 0.715. The van der Waals surface area contributed by atoms with Crippen LogP contribution in [-0.4, -0.2) is 35.3 Å². The zero-order valence-electron chi connectivity index (χ0n) is 7.81. The minimum absolute atomic E-state index is 0.759. The Bertz CT molecular complexity index is 263. The number of aromatic nitrogens is 1. The first kappa shape index (κ1) is 9.03. The van der Waals surface area contributed by atoms with Crippen LogP contribution in [0.3, 0.4) is 0 Å². The van der Waals surface area contributed by atoms with E-state index in [1.54, 1.807) is 0 Å². The molecule has 2 rings (SSSR count). The lowest BCUT2D eigenvalue weighted by Gasteiger charge is -2.09. The van der Waals surface area contributed by atoms with Crippen LogP contribution >= 0.6 is 11.8 Å². The molecule has 0 amide bonds. The summed E-state index contributed by atoms with van der Waals surface area (Å²) in [6.07, 6.45) is 5.07. The van der Waals surface area contributed by atoms with Gasteiger partial charge in [-0.3, -0.25) is 4.98 Å². The highest BCUT2D eigenvalue weighted by Gasteiger charge is 2.19. The van der Waals surface area contributed by atoms with E-state index in [2.05, 4.69) is 23.0 Å². The van der Waals surface area contributed by atoms with Gasteiger partial charge in [0.1, 0.15) is 0 Å². The van der Waals surface area contributed by atoms with Gasteiger partial charge in [-0.25, -0.2) is 0 Å². The van der Waals surface area contributed by atoms with Gasteiger partial charge in [-0.2, -0.15) is 0 Å². The fourth-order valence-electron chi connectivity index (χ4n) is 1.60. The lowest BCUT2D eigenvalue weighted by molar-refractivity contribution is 0.419. The molecule has 0 saturated carbocycles. The first-order chi connectivity index (χ1) is 6.34. The number of pyridine rings is 1. The molecule has 0 N–H and O–H groups in total. The molecular weight excluding hydrogens is 180 g/mol. The van der Waals surface area contributed by atoms with Crippen molar-refractivity contribution in [1.82, 2.24) is 9.88 Å². The molecule has 1 unspecified atom stereocenters. The van der Waals surface area contributed by atoms with Crippen molar-refractivity contribution < 1.29 is 0 Å². The Morgan fingerprint density at radius 3 is 3.15 bits per heavy atom. The van der Waals surface area contributed by atoms with Gasteiger partial charge < -0.3 is 4.90 Å². The Hall–Kier alpha value is -0.540. The van der Waals surface area contributed by atoms with Crippen LogP contribution in [0.2, 0.25) is 0 Å². The Morgan fingerprint density at radius 1 is 1.62 bits per heavy atom. The molecule has 0 spiro atoms. The lowest BCUT2D eigenvalue weighted by Crippen LogP contribution is -2.14. The zero-order chi connectivity index (χ0) is 9.10. The molecule has 2 nitrogen and oxygen atoms in total. The molecule has 1 fully saturated rings. The van der Waals surface area contributed by atoms with E-state index in [1.165, 1.54) is 24.4 Å². The first-order valence-corrected chi connectivity index (χ1v) is 5.48. The van der Waals surface area contributed by atoms with E-state index in [0.29, 0.717) is 0 Å². The molecule has 1 aromatic rings. The van der Waals surface area contributed by atoms with Crippen LogP contribution < -0.4 is 0 Å². The normalized spacial score (nSPS) is 23.6. The predicted molar refractivity (Wildman–Crippen MR) is 56.0 cm³/mol. The van der Waals surface area contributed by atoms with Crippen LogP contribution in [0.25, 0.3) is 0 Å². The van der Waals surface area contributed by atoms with Crippen molar-refractivity contribution in [3.8, 4) is 0 Å². The van der Waals surface area contributed by atoms with Crippen molar-refractivity contribution in [3.63, 3.8) is 0 Å². The van der Waals surface area contributed by atoms with Gasteiger partial charge in [0.25, 0.3) is 0 Å². The van der Waals surface area contributed by atoms with E-state index in [0.717, 1.165) is 5.25 Å². The van der Waals surface area contributed by atoms with Gasteiger partial charge in [-0.05, 0) is 32.1 Å². The summed E-state index contributed by atoms with van der Waals surface area (Å²) < 4.78 is 0. The van der Waals surface area contributed by atoms with Crippen LogP contribution in [-0.2, 0) is 0 Å². The van der Waals surface area contributed by atoms with E-state index in [1.807, 2.05) is 30.2 Å². The van der Waals surface area contributed by atoms with Crippen molar-refractivity contribution in [1.29, 1.82) is 0 Å². The van der Waals surface area contributed by atoms with Crippen LogP contribution in [0.4, 0.5) is 0 Å². The maximum Gasteiger partial charge on any atom is 0.0403 e. The number of nitrogens with zero attached hydrogens (tertiary/aromatic N) is 2. The fourth-order valence-corrected chi connectivity index (χ4v) is 2.82. The largest absolute Gasteiger partial charge is 0.305 e. The lowest BCUT2D eigenvalue weighted by atomic mass is 10.4. The van der Waals surface area contributed by atoms with Crippen molar-refractivity contribution in [2.24, 2.45) is 0 Å². The first-order valence-electron chi connectivity index (χ1n) is 4.60. The standard InChI is InChI=1S/C10H14N2S/c1-12-6-4-10(8-12)13-9-3-2-5-11-7-9/h2-3,5,7,10H,4,6,8H2,1H3. The number of hydrogen-bond acceptors (Lipinski definition) is 3. The second-order valence-electron chi connectivity index (χ2n) is 3.48. The highest BCUT2D eigenvalue weighted by Crippen LogP contribution is 2.28. The van der Waals surface area contributed by atoms with E-state index < -0.39 is 0 Å². The molecular formula is C10H14N2S. The second-order valence-corrected chi connectivity index (χ2v) is 4.85. The maximum absolute atomic E-state index is 4.11. The van der Waals surface area contributed by atoms with Crippen LogP contribution in [0.5, 0.6) is 0 Å². The minimum atomic E-state index is 0.759. The summed E-state index contributed by atoms with van der Waals surface area (Å²) in [5, 5.41) is 0.759. The smallest absolute Gasteiger partial charge is 0.0403 e. The fraction of sp³-hybridized carbons (Fsp3) is 0.500. The molecule has 1 aromatic heterocycles. The highest BCUT2D eigenvalue weighted by molar-refractivity contribution is 8.00. The highest BCUT2D eigenvalue weighted by atomic mass is 32.2. The zero-order valence-corrected chi connectivity index (χ0v) is 8.63. The second kappa shape index (κ2) is 4.11. The molecule has 0 aliphatic carbocycles. The van der Waals surface area contributed by atoms with Crippen LogP contribution in [0.15, 0.2) is 29.4 Å². The Kier molecular flexibility index (Phi) is 2.86. The third-order valence-electron chi connectivity index (χ3n) is 2.29. The van der Waals surface area contributed by atoms with Gasteiger partial charge in [-0.1, -0.05) is 0 Å². The van der Waals surface area contributed by atoms with Crippen molar-refractivity contribution in [3.05, 3.63) is 24.5 Å². The summed E-state index contributed by atoms with van der Waals surface area (Å²) in [6, 6.07) is 4.14. The number of hydrogen-bond donors (Lipinski definition) is 0. The number of likely N-dealkylation sites (tertiary alicyclic amines) is 1. The molecule has 0 radical (unpaired) electrons. The summed E-state index contributed by atoms with van der Waals surface area (Å²) in [6.45, 7) is 2.44. The van der Waals surface area contributed by atoms with Crippen molar-refractivity contribution >= 4 is 11.8 Å². The molecule has 1 aliphatic heterocycles. The maximum atomic E-state index is 4.11. The summed E-state index contributed by atoms with van der Waals surface area (Å²) in [5.74, 6) is 0. The molecule has 0 aromatic carbocycles. The van der Waals surface area contributed by atoms with E-state index in [-0.39, 0.29) is 0 Å². The predicted octanol–water partition coefficient (Wildman–Crippen LogP) is 1.88. The van der Waals surface area contributed by atoms with Crippen molar-refractivity contribution in [2.75, 3.05) is 20.1 Å². The van der Waals surface area contributed by atoms with Crippen LogP contribution in [0, 0.1) is 0 Å². The van der Waals surface area contributed by atoms with Gasteiger partial charge in [0.15, 0.2) is 0 Å². The summed E-state index contributed by atoms with van der Waals surface area (Å²) >= 11 is 1.95. The van der Waals surface area contributed by atoms with Gasteiger partial charge in [0, 0.05) is 29.1 Å². The summed E-state index contributed by atoms with van der Waals surface area (Å²) in [5.41, 5.74) is 0. The molecule has 1 saturated heterocycles. The molecule has 1 atom stereocenters. The third kappa shape index (κ3) is 2.45. The molecule has 2 heterocycles. The summed E-state index contributed by atoms with van der Waals surface area (Å²) in [4.78, 5) is 7.79. The van der Waals surface area contributed by atoms with E-state index >= 15 is 0 Å². The Balaban J connectivity index is 1.92. The van der Waals surface area contributed by atoms with E-state index in [9.17, 15) is 0 Å². The van der Waals surface area contributed by atoms with Gasteiger partial charge >= 0.3 is 0 Å². The van der Waals surface area contributed by atoms with Gasteiger partial charge in [-0.15, -0.1) is 11.8 Å². The monoisotopic (exact) mass is 194 g/mol. The average molecular weight is 194 g/mol. The third-order valence-corrected chi connectivity index (χ3v) is 3.52. The average Bonchev–Trinajstić information content (AvgIpc) is 2.53. The molecule has 70 valence electrons.